The van der Waals surface area contributed by atoms with Gasteiger partial charge in [0, 0.05) is 0 Å². The summed E-state index contributed by atoms with van der Waals surface area (Å²) in [6.07, 6.45) is 0. The van der Waals surface area contributed by atoms with Crippen LogP contribution >= 0.6 is 0 Å². The van der Waals surface area contributed by atoms with Crippen LogP contribution in [0.5, 0.6) is 17.8 Å². The van der Waals surface area contributed by atoms with Gasteiger partial charge < -0.3 is 14.6 Å². The van der Waals surface area contributed by atoms with Crippen LogP contribution in [-0.2, 0) is 0 Å². The molecule has 0 aliphatic carbocycles. The quantitative estimate of drug-likeness (QED) is 0.859. The highest BCUT2D eigenvalue weighted by Gasteiger charge is 2.11. The van der Waals surface area contributed by atoms with Gasteiger partial charge in [0.2, 0.25) is 0 Å². The molecular formula is C11H11N3O3. The Morgan fingerprint density at radius 3 is 2.06 bits per heavy atom. The number of phenolic OH excluding ortho intramolecular Hbond substituents is 1. The third-order valence-corrected chi connectivity index (χ3v) is 2.10. The highest BCUT2D eigenvalue weighted by Crippen LogP contribution is 2.27. The van der Waals surface area contributed by atoms with Crippen LogP contribution in [0.4, 0.5) is 0 Å². The van der Waals surface area contributed by atoms with Crippen molar-refractivity contribution in [3.05, 3.63) is 24.3 Å². The lowest BCUT2D eigenvalue weighted by Gasteiger charge is -2.06. The number of benzene rings is 1. The maximum atomic E-state index is 9.71. The number of aromatic nitrogens is 3. The van der Waals surface area contributed by atoms with Gasteiger partial charge in [-0.1, -0.05) is 12.1 Å². The minimum absolute atomic E-state index is 0.0859. The molecule has 1 aromatic heterocycles. The van der Waals surface area contributed by atoms with Crippen LogP contribution in [0, 0.1) is 0 Å². The van der Waals surface area contributed by atoms with Crippen molar-refractivity contribution in [1.82, 2.24) is 15.0 Å². The van der Waals surface area contributed by atoms with Gasteiger partial charge in [-0.05, 0) is 12.1 Å². The minimum atomic E-state index is 0.0859. The molecule has 1 aromatic carbocycles. The summed E-state index contributed by atoms with van der Waals surface area (Å²) in [5, 5.41) is 9.71. The summed E-state index contributed by atoms with van der Waals surface area (Å²) < 4.78 is 9.87. The highest BCUT2D eigenvalue weighted by atomic mass is 16.5. The van der Waals surface area contributed by atoms with E-state index in [0.29, 0.717) is 11.4 Å². The lowest BCUT2D eigenvalue weighted by molar-refractivity contribution is 0.341. The van der Waals surface area contributed by atoms with Gasteiger partial charge in [-0.15, -0.1) is 4.98 Å². The van der Waals surface area contributed by atoms with Crippen LogP contribution in [0.15, 0.2) is 24.3 Å². The van der Waals surface area contributed by atoms with Gasteiger partial charge in [0.15, 0.2) is 5.82 Å². The molecule has 0 bridgehead atoms. The fraction of sp³-hybridized carbons (Fsp3) is 0.182. The van der Waals surface area contributed by atoms with Gasteiger partial charge in [0.1, 0.15) is 5.75 Å². The van der Waals surface area contributed by atoms with Gasteiger partial charge >= 0.3 is 12.0 Å². The smallest absolute Gasteiger partial charge is 0.322 e. The number of hydrogen-bond acceptors (Lipinski definition) is 6. The minimum Gasteiger partial charge on any atom is -0.507 e. The van der Waals surface area contributed by atoms with Crippen LogP contribution < -0.4 is 9.47 Å². The Balaban J connectivity index is 2.55. The Kier molecular flexibility index (Phi) is 3.04. The normalized spacial score (nSPS) is 10.0. The summed E-state index contributed by atoms with van der Waals surface area (Å²) in [4.78, 5) is 12.0. The first-order chi connectivity index (χ1) is 8.24. The van der Waals surface area contributed by atoms with E-state index in [4.69, 9.17) is 9.47 Å². The second kappa shape index (κ2) is 4.65. The summed E-state index contributed by atoms with van der Waals surface area (Å²) in [6.45, 7) is 0. The predicted octanol–water partition coefficient (Wildman–Crippen LogP) is 1.26. The first-order valence-corrected chi connectivity index (χ1v) is 4.87. The maximum Gasteiger partial charge on any atom is 0.322 e. The predicted molar refractivity (Wildman–Crippen MR) is 60.0 cm³/mol. The Bertz CT molecular complexity index is 509. The molecule has 0 spiro atoms. The second-order valence-corrected chi connectivity index (χ2v) is 3.15. The van der Waals surface area contributed by atoms with Gasteiger partial charge in [0.05, 0.1) is 19.8 Å². The number of methoxy groups -OCH3 is 2. The van der Waals surface area contributed by atoms with E-state index in [2.05, 4.69) is 15.0 Å². The van der Waals surface area contributed by atoms with Crippen molar-refractivity contribution in [2.75, 3.05) is 14.2 Å². The molecule has 0 fully saturated rings. The number of ether oxygens (including phenoxy) is 2. The second-order valence-electron chi connectivity index (χ2n) is 3.15. The van der Waals surface area contributed by atoms with Crippen molar-refractivity contribution in [2.24, 2.45) is 0 Å². The van der Waals surface area contributed by atoms with Crippen molar-refractivity contribution in [2.45, 2.75) is 0 Å². The molecule has 6 heteroatoms. The zero-order valence-corrected chi connectivity index (χ0v) is 9.41. The molecule has 0 saturated carbocycles. The van der Waals surface area contributed by atoms with E-state index in [1.54, 1.807) is 24.3 Å². The van der Waals surface area contributed by atoms with Crippen LogP contribution in [0.25, 0.3) is 11.4 Å². The van der Waals surface area contributed by atoms with Crippen molar-refractivity contribution < 1.29 is 14.6 Å². The van der Waals surface area contributed by atoms with E-state index in [1.165, 1.54) is 14.2 Å². The topological polar surface area (TPSA) is 77.4 Å². The molecule has 17 heavy (non-hydrogen) atoms. The van der Waals surface area contributed by atoms with Crippen LogP contribution in [0.1, 0.15) is 0 Å². The van der Waals surface area contributed by atoms with Gasteiger partial charge in [-0.3, -0.25) is 0 Å². The summed E-state index contributed by atoms with van der Waals surface area (Å²) in [5.74, 6) is 0.384. The average Bonchev–Trinajstić information content (AvgIpc) is 2.38. The van der Waals surface area contributed by atoms with E-state index in [0.717, 1.165) is 0 Å². The van der Waals surface area contributed by atoms with E-state index in [-0.39, 0.29) is 17.8 Å². The van der Waals surface area contributed by atoms with E-state index in [9.17, 15) is 5.11 Å². The molecule has 0 unspecified atom stereocenters. The van der Waals surface area contributed by atoms with Crippen LogP contribution in [-0.4, -0.2) is 34.3 Å². The molecule has 0 aliphatic heterocycles. The summed E-state index contributed by atoms with van der Waals surface area (Å²) in [5.41, 5.74) is 0.492. The molecule has 2 rings (SSSR count). The van der Waals surface area contributed by atoms with Gasteiger partial charge in [0.25, 0.3) is 0 Å². The molecule has 6 nitrogen and oxygen atoms in total. The fourth-order valence-electron chi connectivity index (χ4n) is 1.30. The molecule has 0 saturated heterocycles. The van der Waals surface area contributed by atoms with E-state index >= 15 is 0 Å². The zero-order chi connectivity index (χ0) is 12.3. The number of rotatable bonds is 3. The van der Waals surface area contributed by atoms with Crippen molar-refractivity contribution in [3.8, 4) is 29.2 Å². The largest absolute Gasteiger partial charge is 0.507 e. The molecule has 1 N–H and O–H groups in total. The number of aromatic hydroxyl groups is 1. The molecular weight excluding hydrogens is 222 g/mol. The first kappa shape index (κ1) is 11.1. The Hall–Kier alpha value is -2.37. The molecule has 1 heterocycles. The molecule has 0 aliphatic rings. The van der Waals surface area contributed by atoms with E-state index < -0.39 is 0 Å². The number of hydrogen-bond donors (Lipinski definition) is 1. The van der Waals surface area contributed by atoms with Gasteiger partial charge in [-0.2, -0.15) is 9.97 Å². The SMILES string of the molecule is COc1nc(OC)nc(-c2ccccc2O)n1. The summed E-state index contributed by atoms with van der Waals surface area (Å²) in [6, 6.07) is 7.01. The standard InChI is InChI=1S/C11H11N3O3/c1-16-10-12-9(13-11(14-10)17-2)7-5-3-4-6-8(7)15/h3-6,15H,1-2H3. The number of para-hydroxylation sites is 1. The van der Waals surface area contributed by atoms with Crippen molar-refractivity contribution in [1.29, 1.82) is 0 Å². The van der Waals surface area contributed by atoms with Crippen LogP contribution in [0.2, 0.25) is 0 Å². The lowest BCUT2D eigenvalue weighted by atomic mass is 10.2. The maximum absolute atomic E-state index is 9.71. The Morgan fingerprint density at radius 1 is 0.941 bits per heavy atom. The summed E-state index contributed by atoms with van der Waals surface area (Å²) >= 11 is 0. The monoisotopic (exact) mass is 233 g/mol. The molecule has 0 amide bonds. The third kappa shape index (κ3) is 2.25. The van der Waals surface area contributed by atoms with Crippen LogP contribution in [0.3, 0.4) is 0 Å². The molecule has 2 aromatic rings. The number of phenols is 1. The summed E-state index contributed by atoms with van der Waals surface area (Å²) in [7, 11) is 2.90. The molecule has 88 valence electrons. The zero-order valence-electron chi connectivity index (χ0n) is 9.41. The van der Waals surface area contributed by atoms with Crippen molar-refractivity contribution in [3.63, 3.8) is 0 Å². The number of nitrogens with zero attached hydrogens (tertiary/aromatic N) is 3. The third-order valence-electron chi connectivity index (χ3n) is 2.10. The molecule has 0 radical (unpaired) electrons. The first-order valence-electron chi connectivity index (χ1n) is 4.87. The molecule has 0 atom stereocenters. The Morgan fingerprint density at radius 2 is 1.53 bits per heavy atom. The van der Waals surface area contributed by atoms with Gasteiger partial charge in [-0.25, -0.2) is 0 Å². The van der Waals surface area contributed by atoms with Crippen molar-refractivity contribution >= 4 is 0 Å². The highest BCUT2D eigenvalue weighted by molar-refractivity contribution is 5.63. The van der Waals surface area contributed by atoms with E-state index in [1.807, 2.05) is 0 Å². The lowest BCUT2D eigenvalue weighted by Crippen LogP contribution is -2.00. The average molecular weight is 233 g/mol. The Labute approximate surface area is 97.9 Å². The fourth-order valence-corrected chi connectivity index (χ4v) is 1.30.